The molecular formula is C10H14Cl2N6. The first kappa shape index (κ1) is 14.7. The first-order valence-corrected chi connectivity index (χ1v) is 5.80. The molecule has 0 aliphatic heterocycles. The summed E-state index contributed by atoms with van der Waals surface area (Å²) in [7, 11) is 7.34. The van der Waals surface area contributed by atoms with Crippen molar-refractivity contribution in [2.24, 2.45) is 9.98 Å². The Balaban J connectivity index is 3.05. The molecule has 0 spiro atoms. The van der Waals surface area contributed by atoms with Gasteiger partial charge < -0.3 is 9.80 Å². The van der Waals surface area contributed by atoms with Crippen molar-refractivity contribution in [3.05, 3.63) is 10.3 Å². The van der Waals surface area contributed by atoms with Gasteiger partial charge in [0.05, 0.1) is 12.7 Å². The van der Waals surface area contributed by atoms with Gasteiger partial charge in [0.15, 0.2) is 10.3 Å². The molecule has 1 aromatic rings. The van der Waals surface area contributed by atoms with E-state index in [0.717, 1.165) is 0 Å². The summed E-state index contributed by atoms with van der Waals surface area (Å²) in [6.45, 7) is 0. The number of nitrogens with zero attached hydrogens (tertiary/aromatic N) is 6. The molecule has 98 valence electrons. The second-order valence-corrected chi connectivity index (χ2v) is 4.59. The Labute approximate surface area is 116 Å². The fraction of sp³-hybridized carbons (Fsp3) is 0.400. The molecule has 0 radical (unpaired) electrons. The summed E-state index contributed by atoms with van der Waals surface area (Å²) in [6.07, 6.45) is 3.13. The van der Waals surface area contributed by atoms with Crippen molar-refractivity contribution in [2.75, 3.05) is 28.2 Å². The third-order valence-corrected chi connectivity index (χ3v) is 2.14. The second kappa shape index (κ2) is 6.51. The van der Waals surface area contributed by atoms with E-state index in [4.69, 9.17) is 23.2 Å². The van der Waals surface area contributed by atoms with Crippen LogP contribution in [0.25, 0.3) is 0 Å². The second-order valence-electron chi connectivity index (χ2n) is 3.87. The minimum Gasteiger partial charge on any atom is -0.369 e. The molecule has 0 amide bonds. The molecule has 0 N–H and O–H groups in total. The Hall–Kier alpha value is -1.40. The van der Waals surface area contributed by atoms with E-state index in [9.17, 15) is 0 Å². The van der Waals surface area contributed by atoms with Crippen LogP contribution in [0.2, 0.25) is 10.3 Å². The third-order valence-electron chi connectivity index (χ3n) is 1.61. The van der Waals surface area contributed by atoms with E-state index in [1.807, 2.05) is 28.2 Å². The molecule has 1 heterocycles. The fourth-order valence-corrected chi connectivity index (χ4v) is 1.37. The summed E-state index contributed by atoms with van der Waals surface area (Å²) >= 11 is 12.0. The van der Waals surface area contributed by atoms with Crippen molar-refractivity contribution in [3.8, 4) is 0 Å². The number of halogens is 2. The largest absolute Gasteiger partial charge is 0.369 e. The molecule has 0 saturated heterocycles. The maximum atomic E-state index is 5.98. The van der Waals surface area contributed by atoms with E-state index < -0.39 is 0 Å². The fourth-order valence-electron chi connectivity index (χ4n) is 0.896. The highest BCUT2D eigenvalue weighted by Crippen LogP contribution is 2.31. The summed E-state index contributed by atoms with van der Waals surface area (Å²) in [5.41, 5.74) is 0.329. The van der Waals surface area contributed by atoms with Crippen molar-refractivity contribution in [1.82, 2.24) is 19.8 Å². The van der Waals surface area contributed by atoms with Crippen LogP contribution in [-0.4, -0.2) is 60.6 Å². The Morgan fingerprint density at radius 1 is 0.889 bits per heavy atom. The normalized spacial score (nSPS) is 11.4. The monoisotopic (exact) mass is 288 g/mol. The van der Waals surface area contributed by atoms with Gasteiger partial charge in [-0.05, 0) is 0 Å². The topological polar surface area (TPSA) is 57.0 Å². The lowest BCUT2D eigenvalue weighted by molar-refractivity contribution is 0.642. The molecule has 0 atom stereocenters. The van der Waals surface area contributed by atoms with E-state index >= 15 is 0 Å². The lowest BCUT2D eigenvalue weighted by Gasteiger charge is -2.05. The Bertz CT molecular complexity index is 446. The average Bonchev–Trinajstić information content (AvgIpc) is 2.24. The van der Waals surface area contributed by atoms with Gasteiger partial charge in [-0.15, -0.1) is 0 Å². The van der Waals surface area contributed by atoms with Gasteiger partial charge >= 0.3 is 0 Å². The molecule has 0 saturated carbocycles. The molecule has 0 aromatic carbocycles. The highest BCUT2D eigenvalue weighted by molar-refractivity contribution is 6.37. The first-order chi connectivity index (χ1) is 8.40. The van der Waals surface area contributed by atoms with Gasteiger partial charge in [-0.2, -0.15) is 9.97 Å². The molecule has 0 aliphatic rings. The Morgan fingerprint density at radius 3 is 1.78 bits per heavy atom. The van der Waals surface area contributed by atoms with Gasteiger partial charge in [-0.1, -0.05) is 23.2 Å². The van der Waals surface area contributed by atoms with Gasteiger partial charge in [0, 0.05) is 28.2 Å². The number of hydrogen-bond acceptors (Lipinski definition) is 4. The summed E-state index contributed by atoms with van der Waals surface area (Å²) < 4.78 is 0. The van der Waals surface area contributed by atoms with Crippen LogP contribution >= 0.6 is 23.2 Å². The van der Waals surface area contributed by atoms with Gasteiger partial charge in [-0.25, -0.2) is 9.98 Å². The molecule has 8 heteroatoms. The van der Waals surface area contributed by atoms with Crippen LogP contribution in [-0.2, 0) is 0 Å². The van der Waals surface area contributed by atoms with Crippen LogP contribution < -0.4 is 0 Å². The highest BCUT2D eigenvalue weighted by atomic mass is 35.5. The van der Waals surface area contributed by atoms with Crippen LogP contribution in [0.3, 0.4) is 0 Å². The standard InChI is InChI=1S/C10H14Cl2N6/c1-17(2)5-13-7-8(11)15-10(16-9(7)12)14-6-18(3)4/h5-6H,1-4H3/b13-5?,14-6+. The van der Waals surface area contributed by atoms with Gasteiger partial charge in [0.2, 0.25) is 0 Å². The molecule has 18 heavy (non-hydrogen) atoms. The molecular weight excluding hydrogens is 275 g/mol. The summed E-state index contributed by atoms with van der Waals surface area (Å²) in [4.78, 5) is 19.6. The minimum atomic E-state index is 0.166. The van der Waals surface area contributed by atoms with E-state index in [-0.39, 0.29) is 16.3 Å². The first-order valence-electron chi connectivity index (χ1n) is 5.04. The van der Waals surface area contributed by atoms with E-state index in [0.29, 0.717) is 5.69 Å². The number of hydrogen-bond donors (Lipinski definition) is 0. The summed E-state index contributed by atoms with van der Waals surface area (Å²) in [6, 6.07) is 0. The van der Waals surface area contributed by atoms with Crippen LogP contribution in [0.15, 0.2) is 9.98 Å². The molecule has 0 unspecified atom stereocenters. The van der Waals surface area contributed by atoms with Crippen molar-refractivity contribution in [2.45, 2.75) is 0 Å². The predicted molar refractivity (Wildman–Crippen MR) is 75.7 cm³/mol. The quantitative estimate of drug-likeness (QED) is 0.484. The Kier molecular flexibility index (Phi) is 5.30. The molecule has 6 nitrogen and oxygen atoms in total. The van der Waals surface area contributed by atoms with Crippen LogP contribution in [0.5, 0.6) is 0 Å². The SMILES string of the molecule is CN(C)C=Nc1c(Cl)nc(/N=C/N(C)C)nc1Cl. The maximum Gasteiger partial charge on any atom is 0.253 e. The van der Waals surface area contributed by atoms with E-state index in [2.05, 4.69) is 20.0 Å². The zero-order valence-electron chi connectivity index (χ0n) is 10.6. The average molecular weight is 289 g/mol. The zero-order valence-corrected chi connectivity index (χ0v) is 12.1. The highest BCUT2D eigenvalue weighted by Gasteiger charge is 2.09. The number of rotatable bonds is 4. The van der Waals surface area contributed by atoms with Gasteiger partial charge in [-0.3, -0.25) is 0 Å². The number of aromatic nitrogens is 2. The smallest absolute Gasteiger partial charge is 0.253 e. The maximum absolute atomic E-state index is 5.98. The van der Waals surface area contributed by atoms with Gasteiger partial charge in [0.1, 0.15) is 5.69 Å². The van der Waals surface area contributed by atoms with Crippen molar-refractivity contribution in [3.63, 3.8) is 0 Å². The zero-order chi connectivity index (χ0) is 13.7. The van der Waals surface area contributed by atoms with Crippen LogP contribution in [0.1, 0.15) is 0 Å². The summed E-state index contributed by atoms with van der Waals surface area (Å²) in [5, 5.41) is 0.331. The predicted octanol–water partition coefficient (Wildman–Crippen LogP) is 2.23. The molecule has 0 bridgehead atoms. The van der Waals surface area contributed by atoms with Crippen LogP contribution in [0.4, 0.5) is 11.6 Å². The van der Waals surface area contributed by atoms with Gasteiger partial charge in [0.25, 0.3) is 5.95 Å². The Morgan fingerprint density at radius 2 is 1.33 bits per heavy atom. The minimum absolute atomic E-state index is 0.166. The van der Waals surface area contributed by atoms with E-state index in [1.54, 1.807) is 22.5 Å². The molecule has 0 fully saturated rings. The number of aliphatic imine (C=N–C) groups is 2. The van der Waals surface area contributed by atoms with Crippen molar-refractivity contribution >= 4 is 47.5 Å². The van der Waals surface area contributed by atoms with E-state index in [1.165, 1.54) is 0 Å². The van der Waals surface area contributed by atoms with Crippen LogP contribution in [0, 0.1) is 0 Å². The summed E-state index contributed by atoms with van der Waals surface area (Å²) in [5.74, 6) is 0.197. The molecule has 0 aliphatic carbocycles. The third kappa shape index (κ3) is 4.46. The molecule has 1 aromatic heterocycles. The molecule has 1 rings (SSSR count). The lowest BCUT2D eigenvalue weighted by Crippen LogP contribution is -2.07. The lowest BCUT2D eigenvalue weighted by atomic mass is 10.5. The van der Waals surface area contributed by atoms with Crippen molar-refractivity contribution in [1.29, 1.82) is 0 Å². The van der Waals surface area contributed by atoms with Crippen molar-refractivity contribution < 1.29 is 0 Å².